The predicted octanol–water partition coefficient (Wildman–Crippen LogP) is 1.76. The molecule has 2 unspecified atom stereocenters. The SMILES string of the molecule is CC(C)(C)NCC1CCCN(C2CCCCNC2=O)C1. The third-order valence-electron chi connectivity index (χ3n) is 4.42. The summed E-state index contributed by atoms with van der Waals surface area (Å²) < 4.78 is 0. The Balaban J connectivity index is 1.87. The molecule has 2 fully saturated rings. The minimum Gasteiger partial charge on any atom is -0.355 e. The van der Waals surface area contributed by atoms with Crippen LogP contribution in [0.3, 0.4) is 0 Å². The molecule has 0 spiro atoms. The Bertz CT molecular complexity index is 324. The lowest BCUT2D eigenvalue weighted by atomic mass is 9.94. The van der Waals surface area contributed by atoms with E-state index in [1.54, 1.807) is 0 Å². The minimum absolute atomic E-state index is 0.120. The molecule has 4 nitrogen and oxygen atoms in total. The van der Waals surface area contributed by atoms with Crippen LogP contribution in [0.2, 0.25) is 0 Å². The first kappa shape index (κ1) is 15.8. The second kappa shape index (κ2) is 6.90. The van der Waals surface area contributed by atoms with Gasteiger partial charge in [-0.05, 0) is 71.9 Å². The molecule has 0 aromatic rings. The van der Waals surface area contributed by atoms with Crippen LogP contribution in [0.15, 0.2) is 0 Å². The van der Waals surface area contributed by atoms with E-state index in [4.69, 9.17) is 0 Å². The zero-order chi connectivity index (χ0) is 14.6. The van der Waals surface area contributed by atoms with Gasteiger partial charge >= 0.3 is 0 Å². The van der Waals surface area contributed by atoms with Gasteiger partial charge in [0.1, 0.15) is 0 Å². The van der Waals surface area contributed by atoms with Gasteiger partial charge in [-0.3, -0.25) is 9.69 Å². The van der Waals surface area contributed by atoms with Crippen molar-refractivity contribution in [1.29, 1.82) is 0 Å². The summed E-state index contributed by atoms with van der Waals surface area (Å²) in [4.78, 5) is 14.6. The molecule has 116 valence electrons. The Labute approximate surface area is 123 Å². The van der Waals surface area contributed by atoms with E-state index in [1.807, 2.05) is 0 Å². The van der Waals surface area contributed by atoms with Crippen LogP contribution in [0.1, 0.15) is 52.9 Å². The number of hydrogen-bond donors (Lipinski definition) is 2. The van der Waals surface area contributed by atoms with Crippen LogP contribution in [0, 0.1) is 5.92 Å². The van der Waals surface area contributed by atoms with Crippen LogP contribution in [-0.4, -0.2) is 48.6 Å². The molecule has 20 heavy (non-hydrogen) atoms. The van der Waals surface area contributed by atoms with Gasteiger partial charge in [-0.25, -0.2) is 0 Å². The molecule has 0 radical (unpaired) electrons. The van der Waals surface area contributed by atoms with E-state index >= 15 is 0 Å². The summed E-state index contributed by atoms with van der Waals surface area (Å²) in [5, 5.41) is 6.68. The molecule has 2 rings (SSSR count). The van der Waals surface area contributed by atoms with Gasteiger partial charge in [0, 0.05) is 18.6 Å². The Morgan fingerprint density at radius 3 is 2.80 bits per heavy atom. The molecule has 0 saturated carbocycles. The maximum atomic E-state index is 12.2. The van der Waals surface area contributed by atoms with Gasteiger partial charge in [-0.15, -0.1) is 0 Å². The van der Waals surface area contributed by atoms with Crippen LogP contribution in [0.5, 0.6) is 0 Å². The number of rotatable bonds is 3. The Kier molecular flexibility index (Phi) is 5.44. The largest absolute Gasteiger partial charge is 0.355 e. The molecular formula is C16H31N3O. The Morgan fingerprint density at radius 1 is 1.25 bits per heavy atom. The van der Waals surface area contributed by atoms with Crippen molar-refractivity contribution >= 4 is 5.91 Å². The zero-order valence-electron chi connectivity index (χ0n) is 13.4. The Hall–Kier alpha value is -0.610. The number of amides is 1. The van der Waals surface area contributed by atoms with Crippen molar-refractivity contribution in [3.05, 3.63) is 0 Å². The number of hydrogen-bond acceptors (Lipinski definition) is 3. The summed E-state index contributed by atoms with van der Waals surface area (Å²) >= 11 is 0. The average Bonchev–Trinajstić information content (AvgIpc) is 2.61. The highest BCUT2D eigenvalue weighted by Crippen LogP contribution is 2.22. The molecule has 0 aliphatic carbocycles. The lowest BCUT2D eigenvalue weighted by Crippen LogP contribution is -2.51. The molecule has 0 aromatic carbocycles. The lowest BCUT2D eigenvalue weighted by Gasteiger charge is -2.38. The number of likely N-dealkylation sites (tertiary alicyclic amines) is 1. The third kappa shape index (κ3) is 4.74. The third-order valence-corrected chi connectivity index (χ3v) is 4.42. The molecule has 2 atom stereocenters. The van der Waals surface area contributed by atoms with Crippen molar-refractivity contribution < 1.29 is 4.79 Å². The van der Waals surface area contributed by atoms with Crippen molar-refractivity contribution in [3.8, 4) is 0 Å². The standard InChI is InChI=1S/C16H31N3O/c1-16(2,3)18-11-13-7-6-10-19(12-13)14-8-4-5-9-17-15(14)20/h13-14,18H,4-12H2,1-3H3,(H,17,20). The molecule has 1 amide bonds. The van der Waals surface area contributed by atoms with Gasteiger partial charge in [-0.2, -0.15) is 0 Å². The maximum Gasteiger partial charge on any atom is 0.237 e. The second-order valence-corrected chi connectivity index (χ2v) is 7.44. The number of piperidine rings is 1. The number of carbonyl (C=O) groups excluding carboxylic acids is 1. The average molecular weight is 281 g/mol. The molecule has 2 N–H and O–H groups in total. The fraction of sp³-hybridized carbons (Fsp3) is 0.938. The highest BCUT2D eigenvalue weighted by molar-refractivity contribution is 5.81. The zero-order valence-corrected chi connectivity index (χ0v) is 13.4. The van der Waals surface area contributed by atoms with Crippen molar-refractivity contribution in [2.45, 2.75) is 64.5 Å². The van der Waals surface area contributed by atoms with Crippen LogP contribution >= 0.6 is 0 Å². The van der Waals surface area contributed by atoms with Crippen LogP contribution in [0.25, 0.3) is 0 Å². The minimum atomic E-state index is 0.120. The second-order valence-electron chi connectivity index (χ2n) is 7.44. The molecular weight excluding hydrogens is 250 g/mol. The molecule has 2 aliphatic heterocycles. The van der Waals surface area contributed by atoms with Gasteiger partial charge in [-0.1, -0.05) is 0 Å². The molecule has 2 heterocycles. The van der Waals surface area contributed by atoms with E-state index in [-0.39, 0.29) is 17.5 Å². The van der Waals surface area contributed by atoms with Gasteiger partial charge in [0.25, 0.3) is 0 Å². The first-order chi connectivity index (χ1) is 9.46. The lowest BCUT2D eigenvalue weighted by molar-refractivity contribution is -0.126. The van der Waals surface area contributed by atoms with Gasteiger partial charge in [0.2, 0.25) is 5.91 Å². The van der Waals surface area contributed by atoms with Crippen LogP contribution in [-0.2, 0) is 4.79 Å². The fourth-order valence-electron chi connectivity index (χ4n) is 3.27. The summed E-state index contributed by atoms with van der Waals surface area (Å²) in [7, 11) is 0. The number of nitrogens with one attached hydrogen (secondary N) is 2. The smallest absolute Gasteiger partial charge is 0.237 e. The van der Waals surface area contributed by atoms with Gasteiger partial charge in [0.05, 0.1) is 6.04 Å². The molecule has 0 bridgehead atoms. The fourth-order valence-corrected chi connectivity index (χ4v) is 3.27. The van der Waals surface area contributed by atoms with Gasteiger partial charge < -0.3 is 10.6 Å². The number of carbonyl (C=O) groups is 1. The quantitative estimate of drug-likeness (QED) is 0.828. The predicted molar refractivity (Wildman–Crippen MR) is 82.7 cm³/mol. The monoisotopic (exact) mass is 281 g/mol. The van der Waals surface area contributed by atoms with E-state index in [9.17, 15) is 4.79 Å². The summed E-state index contributed by atoms with van der Waals surface area (Å²) in [6, 6.07) is 0.120. The first-order valence-electron chi connectivity index (χ1n) is 8.22. The van der Waals surface area contributed by atoms with E-state index in [1.165, 1.54) is 19.3 Å². The first-order valence-corrected chi connectivity index (χ1v) is 8.22. The summed E-state index contributed by atoms with van der Waals surface area (Å²) in [6.07, 6.45) is 5.84. The van der Waals surface area contributed by atoms with Crippen LogP contribution in [0.4, 0.5) is 0 Å². The van der Waals surface area contributed by atoms with Crippen LogP contribution < -0.4 is 10.6 Å². The van der Waals surface area contributed by atoms with Crippen molar-refractivity contribution in [2.24, 2.45) is 5.92 Å². The van der Waals surface area contributed by atoms with Crippen molar-refractivity contribution in [2.75, 3.05) is 26.2 Å². The molecule has 4 heteroatoms. The van der Waals surface area contributed by atoms with Crippen molar-refractivity contribution in [1.82, 2.24) is 15.5 Å². The normalized spacial score (nSPS) is 29.9. The summed E-state index contributed by atoms with van der Waals surface area (Å²) in [6.45, 7) is 10.7. The van der Waals surface area contributed by atoms with E-state index in [0.717, 1.165) is 39.0 Å². The summed E-state index contributed by atoms with van der Waals surface area (Å²) in [5.41, 5.74) is 0.183. The van der Waals surface area contributed by atoms with E-state index in [0.29, 0.717) is 5.92 Å². The van der Waals surface area contributed by atoms with E-state index in [2.05, 4.69) is 36.3 Å². The molecule has 0 aromatic heterocycles. The topological polar surface area (TPSA) is 44.4 Å². The van der Waals surface area contributed by atoms with Crippen molar-refractivity contribution in [3.63, 3.8) is 0 Å². The number of nitrogens with zero attached hydrogens (tertiary/aromatic N) is 1. The van der Waals surface area contributed by atoms with E-state index < -0.39 is 0 Å². The Morgan fingerprint density at radius 2 is 2.05 bits per heavy atom. The molecule has 2 aliphatic rings. The highest BCUT2D eigenvalue weighted by Gasteiger charge is 2.31. The molecule has 2 saturated heterocycles. The highest BCUT2D eigenvalue weighted by atomic mass is 16.2. The van der Waals surface area contributed by atoms with Gasteiger partial charge in [0.15, 0.2) is 0 Å². The maximum absolute atomic E-state index is 12.2. The summed E-state index contributed by atoms with van der Waals surface area (Å²) in [5.74, 6) is 0.936.